The average molecular weight is 471 g/mol. The first-order chi connectivity index (χ1) is 15.8. The van der Waals surface area contributed by atoms with Gasteiger partial charge in [-0.3, -0.25) is 30.6 Å². The van der Waals surface area contributed by atoms with Crippen molar-refractivity contribution in [2.24, 2.45) is 5.92 Å². The molecule has 0 aliphatic carbocycles. The number of ether oxygens (including phenoxy) is 1. The van der Waals surface area contributed by atoms with Crippen LogP contribution in [-0.4, -0.2) is 29.4 Å². The van der Waals surface area contributed by atoms with Crippen LogP contribution in [0.15, 0.2) is 54.6 Å². The van der Waals surface area contributed by atoms with Crippen molar-refractivity contribution in [1.29, 1.82) is 0 Å². The van der Waals surface area contributed by atoms with Gasteiger partial charge in [-0.15, -0.1) is 0 Å². The second-order valence-electron chi connectivity index (χ2n) is 7.75. The fourth-order valence-electron chi connectivity index (χ4n) is 2.69. The van der Waals surface area contributed by atoms with Gasteiger partial charge in [0.25, 0.3) is 5.91 Å². The van der Waals surface area contributed by atoms with Crippen molar-refractivity contribution in [3.8, 4) is 5.75 Å². The van der Waals surface area contributed by atoms with E-state index >= 15 is 0 Å². The van der Waals surface area contributed by atoms with Crippen molar-refractivity contribution < 1.29 is 19.1 Å². The predicted octanol–water partition coefficient (Wildman–Crippen LogP) is 2.84. The van der Waals surface area contributed by atoms with E-state index in [0.717, 1.165) is 12.0 Å². The van der Waals surface area contributed by atoms with Crippen LogP contribution in [-0.2, 0) is 16.1 Å². The Kier molecular flexibility index (Phi) is 10.8. The van der Waals surface area contributed by atoms with Gasteiger partial charge in [0.15, 0.2) is 5.11 Å². The lowest BCUT2D eigenvalue weighted by atomic mass is 10.1. The Morgan fingerprint density at radius 1 is 0.909 bits per heavy atom. The molecular weight excluding hydrogens is 440 g/mol. The van der Waals surface area contributed by atoms with E-state index in [9.17, 15) is 14.4 Å². The van der Waals surface area contributed by atoms with E-state index in [1.54, 1.807) is 24.3 Å². The molecule has 0 aliphatic rings. The van der Waals surface area contributed by atoms with Gasteiger partial charge in [0.05, 0.1) is 12.2 Å². The van der Waals surface area contributed by atoms with Crippen LogP contribution >= 0.6 is 12.2 Å². The summed E-state index contributed by atoms with van der Waals surface area (Å²) in [7, 11) is 0. The summed E-state index contributed by atoms with van der Waals surface area (Å²) in [5, 5.41) is 5.19. The standard InChI is InChI=1S/C24H30N4O4S/c1-17(2)14-15-32-20-11-7-6-10-19(20)23(31)26-24(33)28-27-22(30)13-12-21(29)25-16-18-8-4-3-5-9-18/h3-11,17H,12-16H2,1-2H3,(H,25,29)(H,27,30)(H2,26,28,31,33). The topological polar surface area (TPSA) is 109 Å². The molecule has 0 heterocycles. The summed E-state index contributed by atoms with van der Waals surface area (Å²) < 4.78 is 5.72. The zero-order chi connectivity index (χ0) is 24.1. The number of carbonyl (C=O) groups excluding carboxylic acids is 3. The second kappa shape index (κ2) is 13.8. The maximum atomic E-state index is 12.5. The molecule has 33 heavy (non-hydrogen) atoms. The summed E-state index contributed by atoms with van der Waals surface area (Å²) in [6.45, 7) is 5.09. The Hall–Kier alpha value is -3.46. The van der Waals surface area contributed by atoms with Gasteiger partial charge in [-0.05, 0) is 42.3 Å². The van der Waals surface area contributed by atoms with Gasteiger partial charge in [-0.25, -0.2) is 0 Å². The smallest absolute Gasteiger partial charge is 0.261 e. The van der Waals surface area contributed by atoms with E-state index < -0.39 is 11.8 Å². The Morgan fingerprint density at radius 3 is 2.30 bits per heavy atom. The summed E-state index contributed by atoms with van der Waals surface area (Å²) in [6, 6.07) is 16.4. The molecule has 0 aliphatic heterocycles. The highest BCUT2D eigenvalue weighted by Crippen LogP contribution is 2.18. The van der Waals surface area contributed by atoms with E-state index in [1.165, 1.54) is 0 Å². The first kappa shape index (κ1) is 25.8. The molecule has 176 valence electrons. The lowest BCUT2D eigenvalue weighted by Crippen LogP contribution is -2.48. The lowest BCUT2D eigenvalue weighted by Gasteiger charge is -2.14. The van der Waals surface area contributed by atoms with Crippen molar-refractivity contribution in [2.45, 2.75) is 39.7 Å². The number of rotatable bonds is 10. The largest absolute Gasteiger partial charge is 0.493 e. The molecule has 0 radical (unpaired) electrons. The number of benzene rings is 2. The van der Waals surface area contributed by atoms with E-state index in [2.05, 4.69) is 35.3 Å². The molecule has 2 rings (SSSR count). The van der Waals surface area contributed by atoms with Crippen molar-refractivity contribution >= 4 is 35.1 Å². The highest BCUT2D eigenvalue weighted by atomic mass is 32.1. The Morgan fingerprint density at radius 2 is 1.58 bits per heavy atom. The summed E-state index contributed by atoms with van der Waals surface area (Å²) in [5.41, 5.74) is 6.16. The molecule has 3 amide bonds. The minimum absolute atomic E-state index is 0.0283. The fraction of sp³-hybridized carbons (Fsp3) is 0.333. The molecule has 2 aromatic rings. The summed E-state index contributed by atoms with van der Waals surface area (Å²) in [6.07, 6.45) is 0.865. The molecule has 0 spiro atoms. The van der Waals surface area contributed by atoms with E-state index in [1.807, 2.05) is 30.3 Å². The molecule has 0 saturated carbocycles. The third kappa shape index (κ3) is 10.1. The van der Waals surface area contributed by atoms with Crippen LogP contribution in [0.5, 0.6) is 5.75 Å². The van der Waals surface area contributed by atoms with E-state index in [4.69, 9.17) is 17.0 Å². The van der Waals surface area contributed by atoms with Gasteiger partial charge < -0.3 is 10.1 Å². The minimum Gasteiger partial charge on any atom is -0.493 e. The SMILES string of the molecule is CC(C)CCOc1ccccc1C(=O)NC(=S)NNC(=O)CCC(=O)NCc1ccccc1. The highest BCUT2D eigenvalue weighted by Gasteiger charge is 2.14. The van der Waals surface area contributed by atoms with Crippen LogP contribution in [0.3, 0.4) is 0 Å². The quantitative estimate of drug-likeness (QED) is 0.314. The monoisotopic (exact) mass is 470 g/mol. The van der Waals surface area contributed by atoms with Crippen LogP contribution in [0.4, 0.5) is 0 Å². The fourth-order valence-corrected chi connectivity index (χ4v) is 2.83. The first-order valence-electron chi connectivity index (χ1n) is 10.8. The van der Waals surface area contributed by atoms with Gasteiger partial charge in [0, 0.05) is 19.4 Å². The van der Waals surface area contributed by atoms with Crippen molar-refractivity contribution in [2.75, 3.05) is 6.61 Å². The lowest BCUT2D eigenvalue weighted by molar-refractivity contribution is -0.126. The minimum atomic E-state index is -0.456. The van der Waals surface area contributed by atoms with Crippen LogP contribution in [0.1, 0.15) is 49.0 Å². The Bertz CT molecular complexity index is 950. The molecular formula is C24H30N4O4S. The molecule has 8 nitrogen and oxygen atoms in total. The van der Waals surface area contributed by atoms with Crippen LogP contribution in [0.25, 0.3) is 0 Å². The van der Waals surface area contributed by atoms with Crippen LogP contribution < -0.4 is 26.2 Å². The Labute approximate surface area is 199 Å². The number of hydrogen-bond acceptors (Lipinski definition) is 5. The van der Waals surface area contributed by atoms with Crippen LogP contribution in [0.2, 0.25) is 0 Å². The maximum Gasteiger partial charge on any atom is 0.261 e. The third-order valence-corrected chi connectivity index (χ3v) is 4.74. The number of carbonyl (C=O) groups is 3. The summed E-state index contributed by atoms with van der Waals surface area (Å²) in [5.74, 6) is -0.176. The number of amides is 3. The molecule has 0 saturated heterocycles. The first-order valence-corrected chi connectivity index (χ1v) is 11.2. The average Bonchev–Trinajstić information content (AvgIpc) is 2.80. The molecule has 0 aromatic heterocycles. The van der Waals surface area contributed by atoms with Gasteiger partial charge in [-0.1, -0.05) is 56.3 Å². The molecule has 0 bridgehead atoms. The summed E-state index contributed by atoms with van der Waals surface area (Å²) in [4.78, 5) is 36.4. The van der Waals surface area contributed by atoms with Gasteiger partial charge in [0.1, 0.15) is 5.75 Å². The number of hydrazine groups is 1. The highest BCUT2D eigenvalue weighted by molar-refractivity contribution is 7.80. The molecule has 0 fully saturated rings. The van der Waals surface area contributed by atoms with E-state index in [0.29, 0.717) is 30.4 Å². The van der Waals surface area contributed by atoms with Crippen molar-refractivity contribution in [3.63, 3.8) is 0 Å². The maximum absolute atomic E-state index is 12.5. The second-order valence-corrected chi connectivity index (χ2v) is 8.15. The Balaban J connectivity index is 1.70. The number of thiocarbonyl (C=S) groups is 1. The van der Waals surface area contributed by atoms with Crippen molar-refractivity contribution in [3.05, 3.63) is 65.7 Å². The molecule has 2 aromatic carbocycles. The van der Waals surface area contributed by atoms with Crippen molar-refractivity contribution in [1.82, 2.24) is 21.5 Å². The molecule has 4 N–H and O–H groups in total. The number of para-hydroxylation sites is 1. The number of nitrogens with one attached hydrogen (secondary N) is 4. The zero-order valence-electron chi connectivity index (χ0n) is 18.9. The van der Waals surface area contributed by atoms with Gasteiger partial charge >= 0.3 is 0 Å². The molecule has 9 heteroatoms. The normalized spacial score (nSPS) is 10.3. The summed E-state index contributed by atoms with van der Waals surface area (Å²) >= 11 is 5.07. The third-order valence-electron chi connectivity index (χ3n) is 4.54. The zero-order valence-corrected chi connectivity index (χ0v) is 19.7. The van der Waals surface area contributed by atoms with Crippen LogP contribution in [0, 0.1) is 5.92 Å². The molecule has 0 unspecified atom stereocenters. The predicted molar refractivity (Wildman–Crippen MR) is 130 cm³/mol. The van der Waals surface area contributed by atoms with E-state index in [-0.39, 0.29) is 23.9 Å². The number of hydrogen-bond donors (Lipinski definition) is 4. The molecule has 0 atom stereocenters. The van der Waals surface area contributed by atoms with Gasteiger partial charge in [0.2, 0.25) is 11.8 Å². The van der Waals surface area contributed by atoms with Gasteiger partial charge in [-0.2, -0.15) is 0 Å².